The number of nitrogens with zero attached hydrogens (tertiary/aromatic N) is 2. The van der Waals surface area contributed by atoms with Gasteiger partial charge in [-0.3, -0.25) is 14.5 Å². The molecule has 0 radical (unpaired) electrons. The molecule has 3 aromatic carbocycles. The Kier molecular flexibility index (Phi) is 6.03. The van der Waals surface area contributed by atoms with Crippen LogP contribution >= 0.6 is 0 Å². The van der Waals surface area contributed by atoms with E-state index in [-0.39, 0.29) is 23.2 Å². The number of hydrogen-bond acceptors (Lipinski definition) is 5. The lowest BCUT2D eigenvalue weighted by molar-refractivity contribution is -0.132. The molecule has 5 rings (SSSR count). The fraction of sp³-hybridized carbons (Fsp3) is 0.207. The first-order valence-electron chi connectivity index (χ1n) is 11.9. The SMILES string of the molecule is COc1cc(C)c(/C(O)=C2\C(=O)C(=O)N(c3nc4ccccc4[nH]3)C2c2ccc(F)cc2)cc1C(C)C. The lowest BCUT2D eigenvalue weighted by Gasteiger charge is -2.23. The number of aliphatic hydroxyl groups excluding tert-OH is 1. The van der Waals surface area contributed by atoms with Gasteiger partial charge in [0.2, 0.25) is 5.95 Å². The first-order chi connectivity index (χ1) is 17.7. The number of rotatable bonds is 5. The van der Waals surface area contributed by atoms with Crippen molar-refractivity contribution in [2.24, 2.45) is 0 Å². The number of hydrogen-bond donors (Lipinski definition) is 2. The number of aromatic amines is 1. The molecule has 2 heterocycles. The van der Waals surface area contributed by atoms with Crippen molar-refractivity contribution in [3.8, 4) is 5.75 Å². The van der Waals surface area contributed by atoms with Crippen LogP contribution in [0.5, 0.6) is 5.75 Å². The van der Waals surface area contributed by atoms with Gasteiger partial charge >= 0.3 is 5.91 Å². The number of Topliss-reactive ketones (excluding diaryl/α,β-unsaturated/α-hetero) is 1. The van der Waals surface area contributed by atoms with E-state index < -0.39 is 23.5 Å². The maximum absolute atomic E-state index is 13.8. The zero-order chi connectivity index (χ0) is 26.4. The number of imidazole rings is 1. The van der Waals surface area contributed by atoms with Gasteiger partial charge in [0.05, 0.1) is 29.8 Å². The number of nitrogens with one attached hydrogen (secondary N) is 1. The molecule has 37 heavy (non-hydrogen) atoms. The second kappa shape index (κ2) is 9.20. The van der Waals surface area contributed by atoms with E-state index in [9.17, 15) is 19.1 Å². The van der Waals surface area contributed by atoms with Gasteiger partial charge in [-0.2, -0.15) is 0 Å². The van der Waals surface area contributed by atoms with Gasteiger partial charge in [0.15, 0.2) is 0 Å². The van der Waals surface area contributed by atoms with Gasteiger partial charge in [0.25, 0.3) is 5.78 Å². The van der Waals surface area contributed by atoms with Crippen LogP contribution < -0.4 is 9.64 Å². The molecule has 1 atom stereocenters. The highest BCUT2D eigenvalue weighted by Gasteiger charge is 2.48. The zero-order valence-electron chi connectivity index (χ0n) is 20.9. The highest BCUT2D eigenvalue weighted by molar-refractivity contribution is 6.51. The highest BCUT2D eigenvalue weighted by Crippen LogP contribution is 2.43. The Balaban J connectivity index is 1.75. The summed E-state index contributed by atoms with van der Waals surface area (Å²) in [4.78, 5) is 35.7. The van der Waals surface area contributed by atoms with Crippen molar-refractivity contribution < 1.29 is 23.8 Å². The molecular formula is C29H26FN3O4. The Labute approximate surface area is 213 Å². The molecule has 8 heteroatoms. The number of amides is 1. The first kappa shape index (κ1) is 24.2. The number of carbonyl (C=O) groups is 2. The van der Waals surface area contributed by atoms with Crippen LogP contribution in [0.15, 0.2) is 66.2 Å². The summed E-state index contributed by atoms with van der Waals surface area (Å²) < 4.78 is 19.3. The van der Waals surface area contributed by atoms with E-state index in [1.807, 2.05) is 32.0 Å². The minimum Gasteiger partial charge on any atom is -0.507 e. The van der Waals surface area contributed by atoms with Crippen molar-refractivity contribution in [1.82, 2.24) is 9.97 Å². The van der Waals surface area contributed by atoms with Crippen molar-refractivity contribution in [3.63, 3.8) is 0 Å². The third-order valence-electron chi connectivity index (χ3n) is 6.69. The molecule has 1 aliphatic heterocycles. The number of methoxy groups -OCH3 is 1. The Morgan fingerprint density at radius 1 is 1.11 bits per heavy atom. The first-order valence-corrected chi connectivity index (χ1v) is 11.9. The van der Waals surface area contributed by atoms with Crippen LogP contribution in [-0.2, 0) is 9.59 Å². The molecule has 0 saturated carbocycles. The summed E-state index contributed by atoms with van der Waals surface area (Å²) in [5.41, 5.74) is 3.60. The van der Waals surface area contributed by atoms with E-state index in [4.69, 9.17) is 4.74 Å². The number of anilines is 1. The van der Waals surface area contributed by atoms with Gasteiger partial charge in [0.1, 0.15) is 17.3 Å². The second-order valence-electron chi connectivity index (χ2n) is 9.36. The van der Waals surface area contributed by atoms with Crippen molar-refractivity contribution in [1.29, 1.82) is 0 Å². The quantitative estimate of drug-likeness (QED) is 0.207. The number of fused-ring (bicyclic) bond motifs is 1. The maximum Gasteiger partial charge on any atom is 0.302 e. The summed E-state index contributed by atoms with van der Waals surface area (Å²) >= 11 is 0. The number of aromatic nitrogens is 2. The van der Waals surface area contributed by atoms with Crippen LogP contribution in [0.25, 0.3) is 16.8 Å². The van der Waals surface area contributed by atoms with Gasteiger partial charge in [-0.1, -0.05) is 38.1 Å². The maximum atomic E-state index is 13.8. The van der Waals surface area contributed by atoms with Crippen LogP contribution in [0.2, 0.25) is 0 Å². The number of para-hydroxylation sites is 2. The molecule has 1 saturated heterocycles. The number of benzene rings is 3. The summed E-state index contributed by atoms with van der Waals surface area (Å²) in [5.74, 6) is -1.56. The fourth-order valence-corrected chi connectivity index (χ4v) is 4.79. The van der Waals surface area contributed by atoms with Gasteiger partial charge in [-0.25, -0.2) is 9.37 Å². The predicted octanol–water partition coefficient (Wildman–Crippen LogP) is 5.77. The predicted molar refractivity (Wildman–Crippen MR) is 139 cm³/mol. The van der Waals surface area contributed by atoms with Crippen LogP contribution in [0.3, 0.4) is 0 Å². The van der Waals surface area contributed by atoms with Gasteiger partial charge in [-0.05, 0) is 65.9 Å². The number of carbonyl (C=O) groups excluding carboxylic acids is 2. The summed E-state index contributed by atoms with van der Waals surface area (Å²) in [7, 11) is 1.58. The summed E-state index contributed by atoms with van der Waals surface area (Å²) in [6.45, 7) is 5.79. The van der Waals surface area contributed by atoms with Crippen LogP contribution in [0.1, 0.15) is 48.1 Å². The average molecular weight is 500 g/mol. The van der Waals surface area contributed by atoms with Gasteiger partial charge < -0.3 is 14.8 Å². The molecule has 2 N–H and O–H groups in total. The van der Waals surface area contributed by atoms with Gasteiger partial charge in [0, 0.05) is 5.56 Å². The summed E-state index contributed by atoms with van der Waals surface area (Å²) in [6, 6.07) is 15.3. The molecule has 188 valence electrons. The molecule has 1 fully saturated rings. The zero-order valence-corrected chi connectivity index (χ0v) is 20.9. The van der Waals surface area contributed by atoms with E-state index in [0.717, 1.165) is 5.56 Å². The minimum atomic E-state index is -1.02. The molecule has 1 aliphatic rings. The normalized spacial score (nSPS) is 17.2. The van der Waals surface area contributed by atoms with E-state index in [1.54, 1.807) is 32.2 Å². The third-order valence-corrected chi connectivity index (χ3v) is 6.69. The van der Waals surface area contributed by atoms with E-state index in [2.05, 4.69) is 9.97 Å². The lowest BCUT2D eigenvalue weighted by Crippen LogP contribution is -2.30. The standard InChI is InChI=1S/C29H26FN3O4/c1-15(2)19-14-20(16(3)13-23(19)37-4)26(34)24-25(17-9-11-18(30)12-10-17)33(28(36)27(24)35)29-31-21-7-5-6-8-22(21)32-29/h5-15,25,34H,1-4H3,(H,31,32)/b26-24+. The monoisotopic (exact) mass is 499 g/mol. The molecule has 1 aromatic heterocycles. The average Bonchev–Trinajstić information content (AvgIpc) is 3.42. The number of aryl methyl sites for hydroxylation is 1. The molecule has 0 bridgehead atoms. The largest absolute Gasteiger partial charge is 0.507 e. The smallest absolute Gasteiger partial charge is 0.302 e. The third kappa shape index (κ3) is 4.04. The highest BCUT2D eigenvalue weighted by atomic mass is 19.1. The topological polar surface area (TPSA) is 95.5 Å². The number of aliphatic hydroxyl groups is 1. The Bertz CT molecular complexity index is 1540. The van der Waals surface area contributed by atoms with Gasteiger partial charge in [-0.15, -0.1) is 0 Å². The minimum absolute atomic E-state index is 0.0768. The Morgan fingerprint density at radius 3 is 2.46 bits per heavy atom. The number of ketones is 1. The molecule has 7 nitrogen and oxygen atoms in total. The summed E-state index contributed by atoms with van der Waals surface area (Å²) in [5, 5.41) is 11.6. The molecule has 0 spiro atoms. The van der Waals surface area contributed by atoms with Crippen molar-refractivity contribution >= 4 is 34.4 Å². The number of H-pyrrole nitrogens is 1. The molecule has 0 aliphatic carbocycles. The Morgan fingerprint density at radius 2 is 1.81 bits per heavy atom. The lowest BCUT2D eigenvalue weighted by atomic mass is 9.91. The van der Waals surface area contributed by atoms with E-state index >= 15 is 0 Å². The van der Waals surface area contributed by atoms with E-state index in [0.29, 0.717) is 33.5 Å². The number of halogens is 1. The van der Waals surface area contributed by atoms with Crippen LogP contribution in [0.4, 0.5) is 10.3 Å². The van der Waals surface area contributed by atoms with Crippen molar-refractivity contribution in [2.75, 3.05) is 12.0 Å². The summed E-state index contributed by atoms with van der Waals surface area (Å²) in [6.07, 6.45) is 0. The van der Waals surface area contributed by atoms with Crippen LogP contribution in [0, 0.1) is 12.7 Å². The molecule has 1 amide bonds. The van der Waals surface area contributed by atoms with E-state index in [1.165, 1.54) is 29.2 Å². The van der Waals surface area contributed by atoms with Crippen molar-refractivity contribution in [3.05, 3.63) is 94.3 Å². The fourth-order valence-electron chi connectivity index (χ4n) is 4.79. The molecule has 4 aromatic rings. The Hall–Kier alpha value is -4.46. The molecular weight excluding hydrogens is 473 g/mol. The van der Waals surface area contributed by atoms with Crippen molar-refractivity contribution in [2.45, 2.75) is 32.7 Å². The van der Waals surface area contributed by atoms with Crippen LogP contribution in [-0.4, -0.2) is 33.9 Å². The number of ether oxygens (including phenoxy) is 1. The molecule has 1 unspecified atom stereocenters. The second-order valence-corrected chi connectivity index (χ2v) is 9.36.